The fourth-order valence-electron chi connectivity index (χ4n) is 13.8. The first-order chi connectivity index (χ1) is 54.1. The lowest BCUT2D eigenvalue weighted by Gasteiger charge is -2.25. The number of aliphatic carboxylic acids is 1. The van der Waals surface area contributed by atoms with Gasteiger partial charge in [0.15, 0.2) is 0 Å². The number of furan rings is 2. The lowest BCUT2D eigenvalue weighted by atomic mass is 9.95. The Hall–Kier alpha value is -11.3. The molecule has 5 aromatic carbocycles. The van der Waals surface area contributed by atoms with Crippen molar-refractivity contribution in [1.82, 2.24) is 39.5 Å². The van der Waals surface area contributed by atoms with Crippen LogP contribution >= 0.6 is 0 Å². The summed E-state index contributed by atoms with van der Waals surface area (Å²) in [5, 5.41) is 51.1. The molecule has 6 fully saturated rings. The normalized spacial score (nSPS) is 18.5. The molecule has 2 amide bonds. The summed E-state index contributed by atoms with van der Waals surface area (Å²) in [5.74, 6) is 0.842. The van der Waals surface area contributed by atoms with Gasteiger partial charge in [0.25, 0.3) is 5.91 Å². The number of aromatic carboxylic acids is 1. The van der Waals surface area contributed by atoms with Crippen LogP contribution in [-0.4, -0.2) is 187 Å². The number of aliphatic hydroxyl groups excluding tert-OH is 2. The molecule has 7 N–H and O–H groups in total. The van der Waals surface area contributed by atoms with E-state index in [2.05, 4.69) is 29.2 Å². The SMILES string of the molecule is CC(C)(C)OC(=O)N1CC[C@@H](O)C1.COC(=O)/C=C/c1ccc(O)cc1.COC(=O)/C=C/c1ccc(O[C@H]2CCNC2)cc1.O=C(O)/C=C/c1ccc(O[C@H]2CCN(C(=O)c3ccc4c(c3)nc(-c3ccoc3)n4C3CCCCC3)C2)cc1.O=C(O)c1ccc2c(c1)nc(-c1ccoc1)n2C1CCCCC1.O[C@@H]1CCNC1. The minimum Gasteiger partial charge on any atom is -0.508 e. The molecule has 9 aromatic rings. The fraction of sp³-hybridized carbons (Fsp3) is 0.395. The van der Waals surface area contributed by atoms with Gasteiger partial charge in [-0.15, -0.1) is 0 Å². The molecule has 8 heterocycles. The standard InChI is InChI=1S/C31H31N3O5.C18H18N2O3.C14H17NO3.C10H10O3.C9H17NO3.C4H9NO/c35-29(36)13-8-21-6-10-25(11-7-21)39-26-14-16-33(19-26)31(37)22-9-12-28-27(18-22)32-30(23-15-17-38-20-23)34(28)24-4-2-1-3-5-24;21-18(22)12-6-7-16-15(10-12)19-17(13-8-9-23-11-13)20(16)14-4-2-1-3-5-14;1-17-14(16)7-4-11-2-5-12(6-3-11)18-13-8-9-15-10-13;1-13-10(12)7-4-8-2-5-9(11)6-3-8;1-9(2,3)13-8(12)10-5-4-7(11)6-10;6-4-1-2-5-3-4/h6-13,15,17-18,20,24,26H,1-5,14,16,19H2,(H,35,36);6-11,14H,1-5H2,(H,21,22);2-7,13,15H,8-10H2,1H3;2-7,11H,1H3;7,11H,4-6H2,1-3H3;4-6H,1-3H2/b13-8+;;2*7-4+;;/t26-;;13-;;7-;4-/m0.0.11/s1. The Morgan fingerprint density at radius 3 is 1.43 bits per heavy atom. The summed E-state index contributed by atoms with van der Waals surface area (Å²) in [6.45, 7) is 11.3. The Morgan fingerprint density at radius 1 is 0.518 bits per heavy atom. The van der Waals surface area contributed by atoms with Crippen LogP contribution in [0.25, 0.3) is 63.1 Å². The highest BCUT2D eigenvalue weighted by Gasteiger charge is 2.32. The lowest BCUT2D eigenvalue weighted by molar-refractivity contribution is -0.135. The first-order valence-electron chi connectivity index (χ1n) is 38.2. The van der Waals surface area contributed by atoms with Crippen molar-refractivity contribution in [3.05, 3.63) is 192 Å². The number of rotatable bonds is 16. The number of carbonyl (C=O) groups is 6. The number of carbonyl (C=O) groups excluding carboxylic acids is 4. The van der Waals surface area contributed by atoms with Crippen molar-refractivity contribution in [2.75, 3.05) is 66.6 Å². The molecule has 0 spiro atoms. The van der Waals surface area contributed by atoms with Crippen LogP contribution in [0, 0.1) is 0 Å². The van der Waals surface area contributed by atoms with Crippen LogP contribution in [0.1, 0.15) is 160 Å². The molecular formula is C86H102N8O18. The van der Waals surface area contributed by atoms with Gasteiger partial charge in [0.1, 0.15) is 59.2 Å². The van der Waals surface area contributed by atoms with Crippen LogP contribution in [0.3, 0.4) is 0 Å². The maximum absolute atomic E-state index is 13.4. The summed E-state index contributed by atoms with van der Waals surface area (Å²) < 4.78 is 41.2. The maximum atomic E-state index is 13.4. The van der Waals surface area contributed by atoms with Crippen LogP contribution in [0.2, 0.25) is 0 Å². The van der Waals surface area contributed by atoms with Gasteiger partial charge in [0.05, 0.1) is 84.3 Å². The monoisotopic (exact) mass is 1530 g/mol. The van der Waals surface area contributed by atoms with Gasteiger partial charge < -0.3 is 87.6 Å². The van der Waals surface area contributed by atoms with E-state index < -0.39 is 23.5 Å². The molecule has 0 bridgehead atoms. The number of ether oxygens (including phenoxy) is 5. The van der Waals surface area contributed by atoms with Crippen molar-refractivity contribution in [3.63, 3.8) is 0 Å². The largest absolute Gasteiger partial charge is 0.508 e. The Bertz CT molecular complexity index is 4590. The number of likely N-dealkylation sites (tertiary alicyclic amines) is 2. The van der Waals surface area contributed by atoms with E-state index in [1.165, 1.54) is 75.9 Å². The predicted octanol–water partition coefficient (Wildman–Crippen LogP) is 14.2. The first kappa shape index (κ1) is 83.2. The molecule has 4 aromatic heterocycles. The number of fused-ring (bicyclic) bond motifs is 2. The van der Waals surface area contributed by atoms with E-state index in [9.17, 15) is 39.0 Å². The van der Waals surface area contributed by atoms with Crippen molar-refractivity contribution in [1.29, 1.82) is 0 Å². The van der Waals surface area contributed by atoms with Gasteiger partial charge in [-0.3, -0.25) is 4.79 Å². The third-order valence-electron chi connectivity index (χ3n) is 19.5. The summed E-state index contributed by atoms with van der Waals surface area (Å²) in [5.41, 5.74) is 8.50. The smallest absolute Gasteiger partial charge is 0.410 e. The minimum atomic E-state index is -0.985. The fourth-order valence-corrected chi connectivity index (χ4v) is 13.8. The number of aromatic hydroxyl groups is 1. The second kappa shape index (κ2) is 41.1. The number of methoxy groups -OCH3 is 2. The average molecular weight is 1540 g/mol. The second-order valence-corrected chi connectivity index (χ2v) is 29.1. The van der Waals surface area contributed by atoms with Crippen molar-refractivity contribution >= 4 is 76.2 Å². The van der Waals surface area contributed by atoms with Gasteiger partial charge in [-0.1, -0.05) is 74.9 Å². The first-order valence-corrected chi connectivity index (χ1v) is 38.2. The molecular weight excluding hydrogens is 1430 g/mol. The van der Waals surface area contributed by atoms with Gasteiger partial charge in [0.2, 0.25) is 0 Å². The van der Waals surface area contributed by atoms with Crippen LogP contribution < -0.4 is 20.1 Å². The number of carboxylic acids is 2. The van der Waals surface area contributed by atoms with Crippen LogP contribution in [0.15, 0.2) is 173 Å². The molecule has 0 unspecified atom stereocenters. The zero-order valence-corrected chi connectivity index (χ0v) is 64.1. The number of nitrogens with one attached hydrogen (secondary N) is 2. The van der Waals surface area contributed by atoms with Crippen LogP contribution in [0.4, 0.5) is 4.79 Å². The van der Waals surface area contributed by atoms with E-state index in [0.717, 1.165) is 144 Å². The number of amides is 2. The van der Waals surface area contributed by atoms with Gasteiger partial charge in [-0.25, -0.2) is 33.9 Å². The van der Waals surface area contributed by atoms with Gasteiger partial charge in [0, 0.05) is 75.0 Å². The summed E-state index contributed by atoms with van der Waals surface area (Å²) in [6, 6.07) is 37.1. The molecule has 594 valence electrons. The molecule has 2 aliphatic carbocycles. The molecule has 4 saturated heterocycles. The van der Waals surface area contributed by atoms with Crippen molar-refractivity contribution in [3.8, 4) is 40.0 Å². The number of phenols is 1. The van der Waals surface area contributed by atoms with Gasteiger partial charge >= 0.3 is 30.0 Å². The number of aromatic nitrogens is 4. The maximum Gasteiger partial charge on any atom is 0.410 e. The molecule has 0 radical (unpaired) electrons. The third kappa shape index (κ3) is 24.8. The Labute approximate surface area is 651 Å². The van der Waals surface area contributed by atoms with Crippen molar-refractivity contribution in [2.24, 2.45) is 0 Å². The Balaban J connectivity index is 0.000000156. The number of benzene rings is 5. The highest BCUT2D eigenvalue weighted by Crippen LogP contribution is 2.39. The van der Waals surface area contributed by atoms with Gasteiger partial charge in [-0.05, 0) is 199 Å². The minimum absolute atomic E-state index is 0.0192. The molecule has 26 heteroatoms. The topological polar surface area (TPSA) is 342 Å². The quantitative estimate of drug-likeness (QED) is 0.0268. The van der Waals surface area contributed by atoms with Gasteiger partial charge in [-0.2, -0.15) is 0 Å². The number of nitrogens with zero attached hydrogens (tertiary/aromatic N) is 6. The molecule has 15 rings (SSSR count). The number of hydrogen-bond donors (Lipinski definition) is 7. The molecule has 4 atom stereocenters. The van der Waals surface area contributed by atoms with E-state index in [0.29, 0.717) is 56.0 Å². The predicted molar refractivity (Wildman–Crippen MR) is 425 cm³/mol. The molecule has 2 saturated carbocycles. The number of carboxylic acid groups (broad SMARTS) is 2. The second-order valence-electron chi connectivity index (χ2n) is 29.1. The number of aliphatic hydroxyl groups is 2. The summed E-state index contributed by atoms with van der Waals surface area (Å²) in [4.78, 5) is 81.5. The zero-order valence-electron chi connectivity index (χ0n) is 64.1. The lowest BCUT2D eigenvalue weighted by Crippen LogP contribution is -2.35. The average Bonchev–Trinajstić information content (AvgIpc) is 1.62. The van der Waals surface area contributed by atoms with Crippen LogP contribution in [-0.2, 0) is 28.6 Å². The third-order valence-corrected chi connectivity index (χ3v) is 19.5. The number of hydrogen-bond acceptors (Lipinski definition) is 20. The summed E-state index contributed by atoms with van der Waals surface area (Å²) in [7, 11) is 2.68. The van der Waals surface area contributed by atoms with E-state index in [-0.39, 0.29) is 53.7 Å². The zero-order chi connectivity index (χ0) is 79.5. The van der Waals surface area contributed by atoms with Crippen LogP contribution in [0.5, 0.6) is 17.2 Å². The van der Waals surface area contributed by atoms with Crippen molar-refractivity contribution in [2.45, 2.75) is 153 Å². The van der Waals surface area contributed by atoms with E-state index >= 15 is 0 Å². The van der Waals surface area contributed by atoms with E-state index in [1.807, 2.05) is 111 Å². The molecule has 26 nitrogen and oxygen atoms in total. The summed E-state index contributed by atoms with van der Waals surface area (Å²) >= 11 is 0. The molecule has 112 heavy (non-hydrogen) atoms. The Kier molecular flexibility index (Phi) is 30.5. The summed E-state index contributed by atoms with van der Waals surface area (Å²) in [6.07, 6.45) is 30.2. The highest BCUT2D eigenvalue weighted by atomic mass is 16.6. The number of phenolic OH excluding ortho intramolecular Hbond substituents is 1. The molecule has 4 aliphatic heterocycles. The van der Waals surface area contributed by atoms with Crippen molar-refractivity contribution < 1.29 is 86.8 Å². The number of β-amino-alcohol motifs (C(OH)–C–C–N with tert-alkyl or cyclic N) is 2. The molecule has 6 aliphatic rings. The Morgan fingerprint density at radius 2 is 1.00 bits per heavy atom. The number of imidazole rings is 2. The highest BCUT2D eigenvalue weighted by molar-refractivity contribution is 5.98. The van der Waals surface area contributed by atoms with E-state index in [4.69, 9.17) is 48.3 Å². The number of esters is 2. The van der Waals surface area contributed by atoms with E-state index in [1.54, 1.807) is 73.6 Å².